The lowest BCUT2D eigenvalue weighted by molar-refractivity contribution is -0.138. The molecule has 4 nitrogen and oxygen atoms in total. The largest absolute Gasteiger partial charge is 0.489 e. The lowest BCUT2D eigenvalue weighted by Crippen LogP contribution is -2.11. The minimum atomic E-state index is -0.837. The third-order valence-corrected chi connectivity index (χ3v) is 3.89. The molecule has 0 aromatic heterocycles. The maximum Gasteiger partial charge on any atom is 0.310 e. The van der Waals surface area contributed by atoms with Crippen LogP contribution in [0.15, 0.2) is 10.5 Å². The quantitative estimate of drug-likeness (QED) is 0.924. The van der Waals surface area contributed by atoms with Crippen molar-refractivity contribution in [2.45, 2.75) is 32.6 Å². The van der Waals surface area contributed by atoms with Crippen molar-refractivity contribution in [2.75, 3.05) is 13.2 Å². The van der Waals surface area contributed by atoms with Crippen LogP contribution in [0.5, 0.6) is 11.5 Å². The van der Waals surface area contributed by atoms with Crippen molar-refractivity contribution in [3.63, 3.8) is 0 Å². The summed E-state index contributed by atoms with van der Waals surface area (Å²) in [4.78, 5) is 11.2. The zero-order chi connectivity index (χ0) is 14.0. The Kier molecular flexibility index (Phi) is 4.34. The molecule has 1 aromatic carbocycles. The van der Waals surface area contributed by atoms with E-state index in [9.17, 15) is 9.90 Å². The molecule has 0 saturated heterocycles. The molecule has 0 bridgehead atoms. The second-order valence-corrected chi connectivity index (χ2v) is 5.40. The Hall–Kier alpha value is -1.23. The van der Waals surface area contributed by atoms with Crippen molar-refractivity contribution < 1.29 is 19.4 Å². The average molecular weight is 329 g/mol. The molecule has 0 radical (unpaired) electrons. The van der Waals surface area contributed by atoms with E-state index in [4.69, 9.17) is 9.47 Å². The number of halogens is 1. The normalized spacial score (nSPS) is 15.7. The molecular weight excluding hydrogens is 312 g/mol. The number of fused-ring (bicyclic) bond motifs is 1. The maximum atomic E-state index is 11.2. The predicted octanol–water partition coefficient (Wildman–Crippen LogP) is 3.36. The molecule has 1 heterocycles. The average Bonchev–Trinajstić information content (AvgIpc) is 2.63. The van der Waals surface area contributed by atoms with Crippen LogP contribution in [0.3, 0.4) is 0 Å². The number of hydrogen-bond donors (Lipinski definition) is 1. The van der Waals surface area contributed by atoms with Gasteiger partial charge >= 0.3 is 5.97 Å². The van der Waals surface area contributed by atoms with Crippen molar-refractivity contribution >= 4 is 21.9 Å². The molecule has 0 spiro atoms. The standard InChI is InChI=1S/C14H17BrO4/c1-3-9-10(8(2)14(16)17)7-11(15)13-12(9)18-5-4-6-19-13/h7-8H,3-6H2,1-2H3,(H,16,17). The van der Waals surface area contributed by atoms with E-state index in [1.807, 2.05) is 13.0 Å². The Morgan fingerprint density at radius 2 is 2.05 bits per heavy atom. The highest BCUT2D eigenvalue weighted by Gasteiger charge is 2.25. The first-order valence-corrected chi connectivity index (χ1v) is 7.19. The summed E-state index contributed by atoms with van der Waals surface area (Å²) in [5, 5.41) is 9.22. The highest BCUT2D eigenvalue weighted by molar-refractivity contribution is 9.10. The van der Waals surface area contributed by atoms with Gasteiger partial charge in [0, 0.05) is 12.0 Å². The molecule has 5 heteroatoms. The number of hydrogen-bond acceptors (Lipinski definition) is 3. The first-order valence-electron chi connectivity index (χ1n) is 6.40. The molecule has 1 aliphatic rings. The van der Waals surface area contributed by atoms with E-state index in [0.29, 0.717) is 31.1 Å². The molecule has 1 atom stereocenters. The highest BCUT2D eigenvalue weighted by atomic mass is 79.9. The van der Waals surface area contributed by atoms with E-state index in [1.165, 1.54) is 0 Å². The highest BCUT2D eigenvalue weighted by Crippen LogP contribution is 2.44. The predicted molar refractivity (Wildman–Crippen MR) is 75.2 cm³/mol. The van der Waals surface area contributed by atoms with Gasteiger partial charge < -0.3 is 14.6 Å². The zero-order valence-electron chi connectivity index (χ0n) is 11.0. The number of ether oxygens (including phenoxy) is 2. The fourth-order valence-electron chi connectivity index (χ4n) is 2.24. The molecule has 19 heavy (non-hydrogen) atoms. The molecule has 2 rings (SSSR count). The fourth-order valence-corrected chi connectivity index (χ4v) is 2.79. The molecule has 1 unspecified atom stereocenters. The zero-order valence-corrected chi connectivity index (χ0v) is 12.6. The van der Waals surface area contributed by atoms with Crippen LogP contribution in [0, 0.1) is 0 Å². The van der Waals surface area contributed by atoms with Crippen LogP contribution in [0.1, 0.15) is 37.3 Å². The summed E-state index contributed by atoms with van der Waals surface area (Å²) in [6.07, 6.45) is 1.54. The van der Waals surface area contributed by atoms with Crippen LogP contribution in [-0.2, 0) is 11.2 Å². The van der Waals surface area contributed by atoms with Crippen molar-refractivity contribution in [1.82, 2.24) is 0 Å². The maximum absolute atomic E-state index is 11.2. The smallest absolute Gasteiger partial charge is 0.310 e. The van der Waals surface area contributed by atoms with Crippen molar-refractivity contribution in [1.29, 1.82) is 0 Å². The van der Waals surface area contributed by atoms with Gasteiger partial charge in [-0.2, -0.15) is 0 Å². The van der Waals surface area contributed by atoms with Crippen molar-refractivity contribution in [2.24, 2.45) is 0 Å². The van der Waals surface area contributed by atoms with Crippen LogP contribution >= 0.6 is 15.9 Å². The third kappa shape index (κ3) is 2.71. The molecule has 1 aliphatic heterocycles. The summed E-state index contributed by atoms with van der Waals surface area (Å²) >= 11 is 3.45. The summed E-state index contributed by atoms with van der Waals surface area (Å²) < 4.78 is 12.2. The van der Waals surface area contributed by atoms with Gasteiger partial charge in [0.15, 0.2) is 11.5 Å². The first-order chi connectivity index (χ1) is 9.06. The van der Waals surface area contributed by atoms with Gasteiger partial charge in [-0.05, 0) is 40.9 Å². The summed E-state index contributed by atoms with van der Waals surface area (Å²) in [6.45, 7) is 4.89. The van der Waals surface area contributed by atoms with Gasteiger partial charge in [0.2, 0.25) is 0 Å². The Morgan fingerprint density at radius 3 is 2.63 bits per heavy atom. The Bertz CT molecular complexity index is 499. The van der Waals surface area contributed by atoms with Gasteiger partial charge in [-0.3, -0.25) is 4.79 Å². The molecule has 0 aliphatic carbocycles. The van der Waals surface area contributed by atoms with Gasteiger partial charge in [0.1, 0.15) is 0 Å². The topological polar surface area (TPSA) is 55.8 Å². The van der Waals surface area contributed by atoms with Crippen LogP contribution < -0.4 is 9.47 Å². The number of benzene rings is 1. The van der Waals surface area contributed by atoms with Crippen molar-refractivity contribution in [3.05, 3.63) is 21.7 Å². The number of carboxylic acid groups (broad SMARTS) is 1. The second-order valence-electron chi connectivity index (χ2n) is 4.55. The van der Waals surface area contributed by atoms with E-state index < -0.39 is 11.9 Å². The summed E-state index contributed by atoms with van der Waals surface area (Å²) in [6, 6.07) is 1.84. The number of carboxylic acids is 1. The van der Waals surface area contributed by atoms with Crippen LogP contribution in [0.4, 0.5) is 0 Å². The van der Waals surface area contributed by atoms with E-state index in [0.717, 1.165) is 22.0 Å². The lowest BCUT2D eigenvalue weighted by Gasteiger charge is -2.19. The minimum absolute atomic E-state index is 0.566. The molecular formula is C14H17BrO4. The van der Waals surface area contributed by atoms with Crippen LogP contribution in [0.25, 0.3) is 0 Å². The van der Waals surface area contributed by atoms with Crippen LogP contribution in [-0.4, -0.2) is 24.3 Å². The summed E-state index contributed by atoms with van der Waals surface area (Å²) in [7, 11) is 0. The summed E-state index contributed by atoms with van der Waals surface area (Å²) in [5.74, 6) is -0.0207. The monoisotopic (exact) mass is 328 g/mol. The van der Waals surface area contributed by atoms with Gasteiger partial charge in [-0.25, -0.2) is 0 Å². The molecule has 0 saturated carbocycles. The molecule has 1 N–H and O–H groups in total. The number of aliphatic carboxylic acids is 1. The van der Waals surface area contributed by atoms with Crippen molar-refractivity contribution in [3.8, 4) is 11.5 Å². The third-order valence-electron chi connectivity index (χ3n) is 3.30. The van der Waals surface area contributed by atoms with E-state index in [-0.39, 0.29) is 0 Å². The molecule has 0 amide bonds. The SMILES string of the molecule is CCc1c(C(C)C(=O)O)cc(Br)c2c1OCCCO2. The van der Waals surface area contributed by atoms with Crippen LogP contribution in [0.2, 0.25) is 0 Å². The van der Waals surface area contributed by atoms with E-state index in [2.05, 4.69) is 15.9 Å². The molecule has 0 fully saturated rings. The summed E-state index contributed by atoms with van der Waals surface area (Å²) in [5.41, 5.74) is 1.71. The lowest BCUT2D eigenvalue weighted by atomic mass is 9.93. The Balaban J connectivity index is 2.60. The van der Waals surface area contributed by atoms with Gasteiger partial charge in [-0.1, -0.05) is 6.92 Å². The second kappa shape index (κ2) is 5.82. The fraction of sp³-hybridized carbons (Fsp3) is 0.500. The van der Waals surface area contributed by atoms with Gasteiger partial charge in [0.05, 0.1) is 23.6 Å². The number of carbonyl (C=O) groups is 1. The Labute approximate surface area is 120 Å². The number of rotatable bonds is 3. The van der Waals surface area contributed by atoms with Gasteiger partial charge in [0.25, 0.3) is 0 Å². The molecule has 1 aromatic rings. The van der Waals surface area contributed by atoms with Gasteiger partial charge in [-0.15, -0.1) is 0 Å². The minimum Gasteiger partial charge on any atom is -0.489 e. The first kappa shape index (κ1) is 14.2. The van der Waals surface area contributed by atoms with E-state index in [1.54, 1.807) is 6.92 Å². The van der Waals surface area contributed by atoms with E-state index >= 15 is 0 Å². The Morgan fingerprint density at radius 1 is 1.42 bits per heavy atom. The molecule has 104 valence electrons.